The van der Waals surface area contributed by atoms with E-state index in [1.54, 1.807) is 10.9 Å². The van der Waals surface area contributed by atoms with Crippen LogP contribution in [-0.4, -0.2) is 51.6 Å². The molecule has 8 nitrogen and oxygen atoms in total. The number of aryl methyl sites for hydroxylation is 2. The zero-order valence-electron chi connectivity index (χ0n) is 14.1. The smallest absolute Gasteiger partial charge is 0.239 e. The van der Waals surface area contributed by atoms with E-state index < -0.39 is 0 Å². The van der Waals surface area contributed by atoms with Crippen molar-refractivity contribution in [1.29, 1.82) is 0 Å². The highest BCUT2D eigenvalue weighted by Crippen LogP contribution is 2.22. The van der Waals surface area contributed by atoms with Gasteiger partial charge in [-0.1, -0.05) is 0 Å². The number of nitrogens with one attached hydrogen (secondary N) is 2. The lowest BCUT2D eigenvalue weighted by Crippen LogP contribution is -2.41. The number of hydrogen-bond acceptors (Lipinski definition) is 6. The van der Waals surface area contributed by atoms with Gasteiger partial charge in [-0.3, -0.25) is 9.48 Å². The number of amides is 1. The Hall–Kier alpha value is -2.48. The maximum Gasteiger partial charge on any atom is 0.239 e. The molecule has 8 heteroatoms. The molecule has 0 aliphatic carbocycles. The molecule has 0 aromatic carbocycles. The average molecular weight is 329 g/mol. The van der Waals surface area contributed by atoms with Gasteiger partial charge in [0.05, 0.1) is 12.2 Å². The lowest BCUT2D eigenvalue weighted by Gasteiger charge is -2.25. The minimum Gasteiger partial charge on any atom is -0.351 e. The molecule has 0 saturated carbocycles. The Kier molecular flexibility index (Phi) is 5.05. The molecule has 0 spiro atoms. The molecule has 2 aromatic heterocycles. The van der Waals surface area contributed by atoms with Gasteiger partial charge in [-0.05, 0) is 31.9 Å². The quantitative estimate of drug-likeness (QED) is 0.812. The van der Waals surface area contributed by atoms with Crippen LogP contribution in [0.25, 0.3) is 0 Å². The maximum absolute atomic E-state index is 12.0. The minimum atomic E-state index is -0.0675. The summed E-state index contributed by atoms with van der Waals surface area (Å²) < 4.78 is 1.67. The van der Waals surface area contributed by atoms with E-state index in [2.05, 4.69) is 30.8 Å². The SMILES string of the molecule is Cc1cc(NC(=O)CNCC2CCCN2c2cccnn2)n(C)n1. The van der Waals surface area contributed by atoms with E-state index in [-0.39, 0.29) is 12.5 Å². The predicted molar refractivity (Wildman–Crippen MR) is 91.8 cm³/mol. The third kappa shape index (κ3) is 3.88. The Labute approximate surface area is 141 Å². The molecule has 0 radical (unpaired) electrons. The van der Waals surface area contributed by atoms with Gasteiger partial charge in [0, 0.05) is 38.4 Å². The molecule has 0 bridgehead atoms. The zero-order chi connectivity index (χ0) is 16.9. The molecule has 1 amide bonds. The van der Waals surface area contributed by atoms with E-state index in [0.717, 1.165) is 37.4 Å². The summed E-state index contributed by atoms with van der Waals surface area (Å²) in [5.41, 5.74) is 0.881. The highest BCUT2D eigenvalue weighted by Gasteiger charge is 2.25. The number of carbonyl (C=O) groups excluding carboxylic acids is 1. The molecule has 24 heavy (non-hydrogen) atoms. The minimum absolute atomic E-state index is 0.0675. The molecule has 2 aromatic rings. The fourth-order valence-electron chi connectivity index (χ4n) is 3.06. The van der Waals surface area contributed by atoms with Crippen molar-refractivity contribution in [3.05, 3.63) is 30.1 Å². The Bertz CT molecular complexity index is 685. The third-order valence-electron chi connectivity index (χ3n) is 4.16. The Morgan fingerprint density at radius 3 is 3.04 bits per heavy atom. The second kappa shape index (κ2) is 7.39. The number of hydrogen-bond donors (Lipinski definition) is 2. The molecule has 1 aliphatic rings. The maximum atomic E-state index is 12.0. The van der Waals surface area contributed by atoms with Gasteiger partial charge >= 0.3 is 0 Å². The van der Waals surface area contributed by atoms with Crippen molar-refractivity contribution in [3.8, 4) is 0 Å². The summed E-state index contributed by atoms with van der Waals surface area (Å²) in [6, 6.07) is 6.07. The largest absolute Gasteiger partial charge is 0.351 e. The average Bonchev–Trinajstić information content (AvgIpc) is 3.15. The van der Waals surface area contributed by atoms with Crippen LogP contribution < -0.4 is 15.5 Å². The van der Waals surface area contributed by atoms with Crippen LogP contribution in [0.2, 0.25) is 0 Å². The Morgan fingerprint density at radius 1 is 1.46 bits per heavy atom. The van der Waals surface area contributed by atoms with Gasteiger partial charge in [-0.15, -0.1) is 5.10 Å². The molecule has 1 saturated heterocycles. The summed E-state index contributed by atoms with van der Waals surface area (Å²) in [6.07, 6.45) is 3.90. The lowest BCUT2D eigenvalue weighted by atomic mass is 10.2. The van der Waals surface area contributed by atoms with Crippen LogP contribution in [0.5, 0.6) is 0 Å². The van der Waals surface area contributed by atoms with Crippen LogP contribution in [0.4, 0.5) is 11.6 Å². The van der Waals surface area contributed by atoms with Crippen molar-refractivity contribution < 1.29 is 4.79 Å². The summed E-state index contributed by atoms with van der Waals surface area (Å²) in [5.74, 6) is 1.54. The number of aromatic nitrogens is 4. The van der Waals surface area contributed by atoms with Crippen molar-refractivity contribution in [1.82, 2.24) is 25.3 Å². The molecule has 1 fully saturated rings. The molecule has 128 valence electrons. The van der Waals surface area contributed by atoms with Gasteiger partial charge in [0.25, 0.3) is 0 Å². The van der Waals surface area contributed by atoms with Gasteiger partial charge < -0.3 is 15.5 Å². The van der Waals surface area contributed by atoms with Gasteiger partial charge in [0.2, 0.25) is 5.91 Å². The summed E-state index contributed by atoms with van der Waals surface area (Å²) in [6.45, 7) is 3.89. The van der Waals surface area contributed by atoms with Crippen molar-refractivity contribution in [2.24, 2.45) is 7.05 Å². The Morgan fingerprint density at radius 2 is 2.33 bits per heavy atom. The zero-order valence-corrected chi connectivity index (χ0v) is 14.1. The van der Waals surface area contributed by atoms with E-state index in [1.165, 1.54) is 0 Å². The summed E-state index contributed by atoms with van der Waals surface area (Å²) >= 11 is 0. The number of carbonyl (C=O) groups is 1. The van der Waals surface area contributed by atoms with E-state index in [9.17, 15) is 4.79 Å². The molecule has 1 aliphatic heterocycles. The fourth-order valence-corrected chi connectivity index (χ4v) is 3.06. The van der Waals surface area contributed by atoms with Crippen molar-refractivity contribution >= 4 is 17.5 Å². The predicted octanol–water partition coefficient (Wildman–Crippen LogP) is 0.716. The van der Waals surface area contributed by atoms with E-state index in [1.807, 2.05) is 32.2 Å². The highest BCUT2D eigenvalue weighted by molar-refractivity contribution is 5.91. The van der Waals surface area contributed by atoms with Crippen LogP contribution in [0.1, 0.15) is 18.5 Å². The topological polar surface area (TPSA) is 88.0 Å². The highest BCUT2D eigenvalue weighted by atomic mass is 16.2. The monoisotopic (exact) mass is 329 g/mol. The fraction of sp³-hybridized carbons (Fsp3) is 0.500. The van der Waals surface area contributed by atoms with E-state index >= 15 is 0 Å². The Balaban J connectivity index is 1.47. The van der Waals surface area contributed by atoms with Crippen LogP contribution in [-0.2, 0) is 11.8 Å². The summed E-state index contributed by atoms with van der Waals surface area (Å²) in [5, 5.41) is 18.4. The van der Waals surface area contributed by atoms with Crippen LogP contribution >= 0.6 is 0 Å². The van der Waals surface area contributed by atoms with Crippen LogP contribution in [0.15, 0.2) is 24.4 Å². The van der Waals surface area contributed by atoms with Gasteiger partial charge in [-0.25, -0.2) is 0 Å². The number of anilines is 2. The standard InChI is InChI=1S/C16H23N7O/c1-12-9-15(22(2)21-12)19-16(24)11-17-10-13-5-4-8-23(13)14-6-3-7-18-20-14/h3,6-7,9,13,17H,4-5,8,10-11H2,1-2H3,(H,19,24). The molecule has 1 atom stereocenters. The summed E-state index contributed by atoms with van der Waals surface area (Å²) in [4.78, 5) is 14.3. The lowest BCUT2D eigenvalue weighted by molar-refractivity contribution is -0.115. The van der Waals surface area contributed by atoms with Crippen molar-refractivity contribution in [2.75, 3.05) is 29.9 Å². The molecule has 1 unspecified atom stereocenters. The van der Waals surface area contributed by atoms with Crippen LogP contribution in [0.3, 0.4) is 0 Å². The van der Waals surface area contributed by atoms with Crippen LogP contribution in [0, 0.1) is 6.92 Å². The second-order valence-electron chi connectivity index (χ2n) is 6.04. The van der Waals surface area contributed by atoms with Gasteiger partial charge in [0.1, 0.15) is 5.82 Å². The van der Waals surface area contributed by atoms with Gasteiger partial charge in [0.15, 0.2) is 5.82 Å². The second-order valence-corrected chi connectivity index (χ2v) is 6.04. The molecular weight excluding hydrogens is 306 g/mol. The number of nitrogens with zero attached hydrogens (tertiary/aromatic N) is 5. The first kappa shape index (κ1) is 16.4. The number of rotatable bonds is 6. The van der Waals surface area contributed by atoms with E-state index in [0.29, 0.717) is 11.9 Å². The summed E-state index contributed by atoms with van der Waals surface area (Å²) in [7, 11) is 1.81. The molecule has 2 N–H and O–H groups in total. The molecule has 3 heterocycles. The van der Waals surface area contributed by atoms with Crippen molar-refractivity contribution in [2.45, 2.75) is 25.8 Å². The van der Waals surface area contributed by atoms with E-state index in [4.69, 9.17) is 0 Å². The first-order valence-corrected chi connectivity index (χ1v) is 8.19. The van der Waals surface area contributed by atoms with Gasteiger partial charge in [-0.2, -0.15) is 10.2 Å². The molecule has 3 rings (SSSR count). The first-order chi connectivity index (χ1) is 11.6. The normalized spacial score (nSPS) is 17.2. The first-order valence-electron chi connectivity index (χ1n) is 8.19. The van der Waals surface area contributed by atoms with Crippen molar-refractivity contribution in [3.63, 3.8) is 0 Å². The molecular formula is C16H23N7O. The third-order valence-corrected chi connectivity index (χ3v) is 4.16.